The monoisotopic (exact) mass is 566 g/mol. The molecule has 0 unspecified atom stereocenters. The Balaban J connectivity index is 1.72. The standard InChI is InChI=1S/C34H40F2O5/c1-4-6-7-8-9-10-11-12-19-40-26-15-17-28(33(37)38)29(22-26)27-16-13-24(20-30(27)35)25-14-18-32(31(36)21-25)41-34(39)23(3)5-2/h13-18,20-23H,4-12,19H2,1-3H3,(H,37,38)/t23-/m0/s1. The van der Waals surface area contributed by atoms with Gasteiger partial charge in [-0.3, -0.25) is 4.79 Å². The average molecular weight is 567 g/mol. The predicted octanol–water partition coefficient (Wildman–Crippen LogP) is 9.47. The third-order valence-corrected chi connectivity index (χ3v) is 7.24. The fourth-order valence-corrected chi connectivity index (χ4v) is 4.50. The number of rotatable bonds is 16. The molecule has 1 atom stereocenters. The van der Waals surface area contributed by atoms with E-state index in [9.17, 15) is 19.1 Å². The molecule has 3 aromatic rings. The van der Waals surface area contributed by atoms with Crippen LogP contribution in [-0.2, 0) is 4.79 Å². The molecule has 3 aromatic carbocycles. The Morgan fingerprint density at radius 1 is 0.780 bits per heavy atom. The van der Waals surface area contributed by atoms with Gasteiger partial charge in [0.25, 0.3) is 0 Å². The summed E-state index contributed by atoms with van der Waals surface area (Å²) < 4.78 is 41.1. The van der Waals surface area contributed by atoms with Crippen LogP contribution in [0.4, 0.5) is 8.78 Å². The zero-order chi connectivity index (χ0) is 29.8. The average Bonchev–Trinajstić information content (AvgIpc) is 2.96. The second-order valence-corrected chi connectivity index (χ2v) is 10.4. The van der Waals surface area contributed by atoms with Gasteiger partial charge in [-0.05, 0) is 60.4 Å². The number of aromatic carboxylic acids is 1. The van der Waals surface area contributed by atoms with Gasteiger partial charge in [0.1, 0.15) is 11.6 Å². The lowest BCUT2D eigenvalue weighted by molar-refractivity contribution is -0.138. The molecule has 0 radical (unpaired) electrons. The van der Waals surface area contributed by atoms with Gasteiger partial charge in [0.15, 0.2) is 11.6 Å². The number of halogens is 2. The fraction of sp³-hybridized carbons (Fsp3) is 0.412. The molecule has 7 heteroatoms. The molecule has 0 aromatic heterocycles. The van der Waals surface area contributed by atoms with Crippen molar-refractivity contribution >= 4 is 11.9 Å². The molecule has 0 bridgehead atoms. The number of ether oxygens (including phenoxy) is 2. The van der Waals surface area contributed by atoms with Crippen LogP contribution in [0.25, 0.3) is 22.3 Å². The summed E-state index contributed by atoms with van der Waals surface area (Å²) in [7, 11) is 0. The van der Waals surface area contributed by atoms with Crippen LogP contribution in [0.5, 0.6) is 11.5 Å². The topological polar surface area (TPSA) is 72.8 Å². The van der Waals surface area contributed by atoms with Crippen LogP contribution in [-0.4, -0.2) is 23.7 Å². The maximum absolute atomic E-state index is 15.4. The summed E-state index contributed by atoms with van der Waals surface area (Å²) in [6.07, 6.45) is 9.94. The van der Waals surface area contributed by atoms with Crippen LogP contribution < -0.4 is 9.47 Å². The molecule has 0 spiro atoms. The van der Waals surface area contributed by atoms with Crippen molar-refractivity contribution in [1.29, 1.82) is 0 Å². The van der Waals surface area contributed by atoms with Crippen LogP contribution >= 0.6 is 0 Å². The van der Waals surface area contributed by atoms with Crippen LogP contribution in [0.1, 0.15) is 88.9 Å². The molecule has 1 N–H and O–H groups in total. The van der Waals surface area contributed by atoms with E-state index in [4.69, 9.17) is 9.47 Å². The molecule has 0 aliphatic rings. The van der Waals surface area contributed by atoms with E-state index >= 15 is 4.39 Å². The van der Waals surface area contributed by atoms with Gasteiger partial charge in [0.2, 0.25) is 0 Å². The summed E-state index contributed by atoms with van der Waals surface area (Å²) in [5.41, 5.74) is 1.03. The first kappa shape index (κ1) is 31.8. The van der Waals surface area contributed by atoms with Gasteiger partial charge >= 0.3 is 11.9 Å². The number of benzene rings is 3. The lowest BCUT2D eigenvalue weighted by Crippen LogP contribution is -2.17. The Morgan fingerprint density at radius 3 is 2.02 bits per heavy atom. The molecule has 220 valence electrons. The van der Waals surface area contributed by atoms with Crippen LogP contribution in [0.3, 0.4) is 0 Å². The van der Waals surface area contributed by atoms with Crippen molar-refractivity contribution in [3.8, 4) is 33.8 Å². The summed E-state index contributed by atoms with van der Waals surface area (Å²) >= 11 is 0. The summed E-state index contributed by atoms with van der Waals surface area (Å²) in [5.74, 6) is -3.17. The highest BCUT2D eigenvalue weighted by molar-refractivity contribution is 5.96. The van der Waals surface area contributed by atoms with Crippen molar-refractivity contribution in [3.05, 3.63) is 71.8 Å². The molecule has 5 nitrogen and oxygen atoms in total. The number of carbonyl (C=O) groups excluding carboxylic acids is 1. The van der Waals surface area contributed by atoms with Gasteiger partial charge in [0, 0.05) is 11.1 Å². The molecule has 0 fully saturated rings. The summed E-state index contributed by atoms with van der Waals surface area (Å²) in [5, 5.41) is 9.72. The van der Waals surface area contributed by atoms with Crippen molar-refractivity contribution in [1.82, 2.24) is 0 Å². The minimum atomic E-state index is -1.18. The highest BCUT2D eigenvalue weighted by Gasteiger charge is 2.19. The van der Waals surface area contributed by atoms with Crippen molar-refractivity contribution < 1.29 is 33.0 Å². The molecular weight excluding hydrogens is 526 g/mol. The lowest BCUT2D eigenvalue weighted by atomic mass is 9.96. The SMILES string of the molecule is CCCCCCCCCCOc1ccc(C(=O)O)c(-c2ccc(-c3ccc(OC(=O)[C@@H](C)CC)c(F)c3)cc2F)c1. The zero-order valence-corrected chi connectivity index (χ0v) is 24.2. The minimum absolute atomic E-state index is 0.0467. The Bertz CT molecular complexity index is 1320. The van der Waals surface area contributed by atoms with E-state index in [0.717, 1.165) is 19.3 Å². The molecular formula is C34H40F2O5. The van der Waals surface area contributed by atoms with E-state index < -0.39 is 23.6 Å². The molecule has 0 aliphatic heterocycles. The smallest absolute Gasteiger partial charge is 0.336 e. The first-order valence-corrected chi connectivity index (χ1v) is 14.6. The first-order chi connectivity index (χ1) is 19.7. The van der Waals surface area contributed by atoms with Crippen molar-refractivity contribution in [2.75, 3.05) is 6.61 Å². The Morgan fingerprint density at radius 2 is 1.41 bits per heavy atom. The summed E-state index contributed by atoms with van der Waals surface area (Å²) in [4.78, 5) is 23.9. The second kappa shape index (κ2) is 15.9. The number of hydrogen-bond donors (Lipinski definition) is 1. The van der Waals surface area contributed by atoms with E-state index in [0.29, 0.717) is 29.9 Å². The van der Waals surface area contributed by atoms with E-state index in [1.165, 1.54) is 62.4 Å². The Labute approximate surface area is 241 Å². The van der Waals surface area contributed by atoms with E-state index in [1.54, 1.807) is 31.2 Å². The van der Waals surface area contributed by atoms with Crippen LogP contribution in [0.2, 0.25) is 0 Å². The molecule has 0 saturated carbocycles. The van der Waals surface area contributed by atoms with E-state index in [1.807, 2.05) is 6.92 Å². The normalized spacial score (nSPS) is 11.7. The number of hydrogen-bond acceptors (Lipinski definition) is 4. The van der Waals surface area contributed by atoms with Gasteiger partial charge in [-0.25, -0.2) is 13.6 Å². The molecule has 0 aliphatic carbocycles. The van der Waals surface area contributed by atoms with Crippen molar-refractivity contribution in [2.45, 2.75) is 78.6 Å². The predicted molar refractivity (Wildman–Crippen MR) is 157 cm³/mol. The summed E-state index contributed by atoms with van der Waals surface area (Å²) in [6.45, 7) is 6.24. The third kappa shape index (κ3) is 9.13. The highest BCUT2D eigenvalue weighted by atomic mass is 19.1. The molecule has 0 saturated heterocycles. The number of unbranched alkanes of at least 4 members (excludes halogenated alkanes) is 7. The Kier molecular flexibility index (Phi) is 12.3. The maximum Gasteiger partial charge on any atom is 0.336 e. The van der Waals surface area contributed by atoms with Crippen molar-refractivity contribution in [2.24, 2.45) is 5.92 Å². The number of carbonyl (C=O) groups is 2. The summed E-state index contributed by atoms with van der Waals surface area (Å²) in [6, 6.07) is 12.9. The van der Waals surface area contributed by atoms with Gasteiger partial charge in [-0.15, -0.1) is 0 Å². The number of esters is 1. The molecule has 0 amide bonds. The largest absolute Gasteiger partial charge is 0.494 e. The first-order valence-electron chi connectivity index (χ1n) is 14.6. The Hall–Kier alpha value is -3.74. The van der Waals surface area contributed by atoms with E-state index in [2.05, 4.69) is 6.92 Å². The quantitative estimate of drug-likeness (QED) is 0.106. The number of carboxylic acid groups (broad SMARTS) is 1. The van der Waals surface area contributed by atoms with Gasteiger partial charge in [-0.2, -0.15) is 0 Å². The fourth-order valence-electron chi connectivity index (χ4n) is 4.50. The highest BCUT2D eigenvalue weighted by Crippen LogP contribution is 2.34. The number of carboxylic acids is 1. The minimum Gasteiger partial charge on any atom is -0.494 e. The molecule has 0 heterocycles. The van der Waals surface area contributed by atoms with Gasteiger partial charge < -0.3 is 14.6 Å². The van der Waals surface area contributed by atoms with Crippen LogP contribution in [0.15, 0.2) is 54.6 Å². The van der Waals surface area contributed by atoms with Gasteiger partial charge in [0.05, 0.1) is 18.1 Å². The van der Waals surface area contributed by atoms with Crippen molar-refractivity contribution in [3.63, 3.8) is 0 Å². The molecule has 3 rings (SSSR count). The zero-order valence-electron chi connectivity index (χ0n) is 24.2. The third-order valence-electron chi connectivity index (χ3n) is 7.24. The van der Waals surface area contributed by atoms with E-state index in [-0.39, 0.29) is 28.4 Å². The van der Waals surface area contributed by atoms with Gasteiger partial charge in [-0.1, -0.05) is 83.9 Å². The second-order valence-electron chi connectivity index (χ2n) is 10.4. The molecule has 41 heavy (non-hydrogen) atoms. The lowest BCUT2D eigenvalue weighted by Gasteiger charge is -2.13. The van der Waals surface area contributed by atoms with Crippen LogP contribution in [0, 0.1) is 17.6 Å². The maximum atomic E-state index is 15.4.